The molecule has 1 aliphatic rings. The Morgan fingerprint density at radius 3 is 2.35 bits per heavy atom. The lowest BCUT2D eigenvalue weighted by atomic mass is 9.96. The highest BCUT2D eigenvalue weighted by molar-refractivity contribution is 7.90. The van der Waals surface area contributed by atoms with Crippen molar-refractivity contribution >= 4 is 27.8 Å². The molecule has 1 aromatic carbocycles. The van der Waals surface area contributed by atoms with Crippen LogP contribution in [-0.4, -0.2) is 24.3 Å². The van der Waals surface area contributed by atoms with E-state index in [0.29, 0.717) is 0 Å². The van der Waals surface area contributed by atoms with Crippen molar-refractivity contribution in [2.75, 3.05) is 0 Å². The van der Waals surface area contributed by atoms with Gasteiger partial charge in [-0.1, -0.05) is 37.5 Å². The quantitative estimate of drug-likeness (QED) is 0.872. The second-order valence-corrected chi connectivity index (χ2v) is 7.14. The molecular weight excluding hydrogens is 300 g/mol. The molecule has 2 amide bonds. The van der Waals surface area contributed by atoms with Gasteiger partial charge >= 0.3 is 6.03 Å². The minimum absolute atomic E-state index is 0.00322. The van der Waals surface area contributed by atoms with Gasteiger partial charge in [-0.05, 0) is 25.0 Å². The maximum absolute atomic E-state index is 12.1. The van der Waals surface area contributed by atoms with Crippen molar-refractivity contribution in [1.29, 1.82) is 0 Å². The molecule has 0 aromatic heterocycles. The summed E-state index contributed by atoms with van der Waals surface area (Å²) in [7, 11) is -4.00. The van der Waals surface area contributed by atoms with E-state index in [9.17, 15) is 13.2 Å². The molecule has 20 heavy (non-hydrogen) atoms. The molecular formula is C13H17ClN2O3S. The first-order chi connectivity index (χ1) is 9.51. The number of benzene rings is 1. The molecule has 1 aromatic rings. The number of amides is 2. The molecule has 110 valence electrons. The summed E-state index contributed by atoms with van der Waals surface area (Å²) < 4.78 is 24.6. The Morgan fingerprint density at radius 1 is 1.15 bits per heavy atom. The summed E-state index contributed by atoms with van der Waals surface area (Å²) >= 11 is 5.71. The van der Waals surface area contributed by atoms with Crippen LogP contribution in [0.5, 0.6) is 0 Å². The van der Waals surface area contributed by atoms with Crippen LogP contribution in [0.2, 0.25) is 0 Å². The Labute approximate surface area is 124 Å². The monoisotopic (exact) mass is 316 g/mol. The smallest absolute Gasteiger partial charge is 0.333 e. The SMILES string of the molecule is O=C(NC1CCCCC1)N(Cl)S(=O)(=O)c1ccccc1. The molecule has 0 spiro atoms. The molecule has 0 unspecified atom stereocenters. The third kappa shape index (κ3) is 3.43. The predicted molar refractivity (Wildman–Crippen MR) is 76.7 cm³/mol. The third-order valence-corrected chi connectivity index (χ3v) is 5.50. The zero-order valence-electron chi connectivity index (χ0n) is 11.0. The normalized spacial score (nSPS) is 16.6. The fourth-order valence-electron chi connectivity index (χ4n) is 2.27. The number of nitrogens with one attached hydrogen (secondary N) is 1. The van der Waals surface area contributed by atoms with Crippen LogP contribution in [0.1, 0.15) is 32.1 Å². The maximum Gasteiger partial charge on any atom is 0.346 e. The van der Waals surface area contributed by atoms with E-state index in [2.05, 4.69) is 5.32 Å². The van der Waals surface area contributed by atoms with Gasteiger partial charge in [0, 0.05) is 17.8 Å². The van der Waals surface area contributed by atoms with Gasteiger partial charge in [0.1, 0.15) is 0 Å². The molecule has 1 fully saturated rings. The van der Waals surface area contributed by atoms with Gasteiger partial charge in [-0.3, -0.25) is 0 Å². The van der Waals surface area contributed by atoms with E-state index < -0.39 is 16.1 Å². The Balaban J connectivity index is 2.06. The van der Waals surface area contributed by atoms with Crippen molar-refractivity contribution in [3.05, 3.63) is 30.3 Å². The van der Waals surface area contributed by atoms with E-state index in [1.165, 1.54) is 12.1 Å². The number of sulfonamides is 1. The molecule has 1 N–H and O–H groups in total. The zero-order chi connectivity index (χ0) is 14.6. The van der Waals surface area contributed by atoms with Crippen LogP contribution in [0.4, 0.5) is 4.79 Å². The van der Waals surface area contributed by atoms with E-state index >= 15 is 0 Å². The Hall–Kier alpha value is -1.27. The third-order valence-electron chi connectivity index (χ3n) is 3.34. The highest BCUT2D eigenvalue weighted by atomic mass is 35.5. The van der Waals surface area contributed by atoms with Crippen LogP contribution in [0.15, 0.2) is 35.2 Å². The number of nitrogens with zero attached hydrogens (tertiary/aromatic N) is 1. The van der Waals surface area contributed by atoms with Crippen molar-refractivity contribution < 1.29 is 13.2 Å². The summed E-state index contributed by atoms with van der Waals surface area (Å²) in [4.78, 5) is 11.9. The molecule has 0 bridgehead atoms. The summed E-state index contributed by atoms with van der Waals surface area (Å²) in [6, 6.07) is 6.87. The molecule has 7 heteroatoms. The van der Waals surface area contributed by atoms with E-state index in [4.69, 9.17) is 11.8 Å². The van der Waals surface area contributed by atoms with Crippen molar-refractivity contribution in [2.45, 2.75) is 43.0 Å². The standard InChI is InChI=1S/C13H17ClN2O3S/c14-16(13(17)15-11-7-3-1-4-8-11)20(18,19)12-9-5-2-6-10-12/h2,5-6,9-11H,1,3-4,7-8H2,(H,15,17). The molecule has 0 aliphatic heterocycles. The zero-order valence-corrected chi connectivity index (χ0v) is 12.5. The van der Waals surface area contributed by atoms with Gasteiger partial charge in [0.2, 0.25) is 0 Å². The van der Waals surface area contributed by atoms with Gasteiger partial charge in [-0.2, -0.15) is 8.42 Å². The minimum atomic E-state index is -4.00. The van der Waals surface area contributed by atoms with Crippen molar-refractivity contribution in [2.24, 2.45) is 0 Å². The van der Waals surface area contributed by atoms with Crippen LogP contribution in [0.25, 0.3) is 0 Å². The van der Waals surface area contributed by atoms with Crippen molar-refractivity contribution in [3.8, 4) is 0 Å². The maximum atomic E-state index is 12.1. The summed E-state index contributed by atoms with van der Waals surface area (Å²) in [6.45, 7) is 0. The topological polar surface area (TPSA) is 66.5 Å². The van der Waals surface area contributed by atoms with E-state index in [-0.39, 0.29) is 14.8 Å². The molecule has 1 aliphatic carbocycles. The summed E-state index contributed by atoms with van der Waals surface area (Å²) in [5.41, 5.74) is 0. The number of urea groups is 1. The van der Waals surface area contributed by atoms with Gasteiger partial charge in [-0.25, -0.2) is 4.79 Å². The predicted octanol–water partition coefficient (Wildman–Crippen LogP) is 2.87. The highest BCUT2D eigenvalue weighted by Crippen LogP contribution is 2.20. The average Bonchev–Trinajstić information content (AvgIpc) is 2.48. The van der Waals surface area contributed by atoms with Crippen LogP contribution >= 0.6 is 11.8 Å². The number of hydrogen-bond acceptors (Lipinski definition) is 3. The minimum Gasteiger partial charge on any atom is -0.333 e. The van der Waals surface area contributed by atoms with Crippen molar-refractivity contribution in [1.82, 2.24) is 9.14 Å². The number of rotatable bonds is 3. The first-order valence-corrected chi connectivity index (χ1v) is 8.36. The molecule has 5 nitrogen and oxygen atoms in total. The first kappa shape index (κ1) is 15.1. The molecule has 0 radical (unpaired) electrons. The molecule has 0 heterocycles. The number of carbonyl (C=O) groups excluding carboxylic acids is 1. The van der Waals surface area contributed by atoms with Crippen LogP contribution in [0, 0.1) is 0 Å². The van der Waals surface area contributed by atoms with Crippen LogP contribution < -0.4 is 5.32 Å². The molecule has 0 saturated heterocycles. The Morgan fingerprint density at radius 2 is 1.75 bits per heavy atom. The lowest BCUT2D eigenvalue weighted by molar-refractivity contribution is 0.227. The summed E-state index contributed by atoms with van der Waals surface area (Å²) in [5.74, 6) is 0. The van der Waals surface area contributed by atoms with Crippen LogP contribution in [-0.2, 0) is 10.0 Å². The van der Waals surface area contributed by atoms with E-state index in [1.807, 2.05) is 0 Å². The largest absolute Gasteiger partial charge is 0.346 e. The second-order valence-electron chi connectivity index (χ2n) is 4.82. The molecule has 1 saturated carbocycles. The summed E-state index contributed by atoms with van der Waals surface area (Å²) in [6.07, 6.45) is 4.96. The van der Waals surface area contributed by atoms with Crippen molar-refractivity contribution in [3.63, 3.8) is 0 Å². The fraction of sp³-hybridized carbons (Fsp3) is 0.462. The Bertz CT molecular complexity index is 556. The number of hydrogen-bond donors (Lipinski definition) is 1. The van der Waals surface area contributed by atoms with E-state index in [0.717, 1.165) is 32.1 Å². The fourth-order valence-corrected chi connectivity index (χ4v) is 3.51. The lowest BCUT2D eigenvalue weighted by Gasteiger charge is -2.24. The first-order valence-electron chi connectivity index (χ1n) is 6.58. The summed E-state index contributed by atoms with van der Waals surface area (Å²) in [5, 5.41) is 2.67. The van der Waals surface area contributed by atoms with Crippen LogP contribution in [0.3, 0.4) is 0 Å². The van der Waals surface area contributed by atoms with Gasteiger partial charge in [0.15, 0.2) is 0 Å². The van der Waals surface area contributed by atoms with E-state index in [1.54, 1.807) is 18.2 Å². The number of halogens is 1. The average molecular weight is 317 g/mol. The Kier molecular flexibility index (Phi) is 4.88. The highest BCUT2D eigenvalue weighted by Gasteiger charge is 2.29. The lowest BCUT2D eigenvalue weighted by Crippen LogP contribution is -2.43. The number of carbonyl (C=O) groups is 1. The van der Waals surface area contributed by atoms with Gasteiger partial charge < -0.3 is 5.32 Å². The molecule has 2 rings (SSSR count). The van der Waals surface area contributed by atoms with Gasteiger partial charge in [0.25, 0.3) is 10.0 Å². The van der Waals surface area contributed by atoms with Gasteiger partial charge in [-0.15, -0.1) is 3.82 Å². The second kappa shape index (κ2) is 6.45. The van der Waals surface area contributed by atoms with Gasteiger partial charge in [0.05, 0.1) is 4.90 Å². The molecule has 0 atom stereocenters.